The minimum Gasteiger partial charge on any atom is -0.353 e. The van der Waals surface area contributed by atoms with Gasteiger partial charge < -0.3 is 5.32 Å². The van der Waals surface area contributed by atoms with Gasteiger partial charge in [-0.1, -0.05) is 24.3 Å². The first-order valence-corrected chi connectivity index (χ1v) is 6.80. The van der Waals surface area contributed by atoms with Gasteiger partial charge in [0.25, 0.3) is 0 Å². The van der Waals surface area contributed by atoms with Crippen LogP contribution >= 0.6 is 0 Å². The lowest BCUT2D eigenvalue weighted by molar-refractivity contribution is 0.608. The zero-order valence-electron chi connectivity index (χ0n) is 9.14. The van der Waals surface area contributed by atoms with Gasteiger partial charge in [0.2, 0.25) is 0 Å². The van der Waals surface area contributed by atoms with Crippen molar-refractivity contribution in [2.45, 2.75) is 0 Å². The Morgan fingerprint density at radius 3 is 2.65 bits per heavy atom. The molecule has 0 bridgehead atoms. The lowest BCUT2D eigenvalue weighted by Crippen LogP contribution is -2.10. The molecule has 1 aromatic carbocycles. The Morgan fingerprint density at radius 1 is 1.29 bits per heavy atom. The van der Waals surface area contributed by atoms with Crippen molar-refractivity contribution in [2.75, 3.05) is 11.6 Å². The molecule has 1 aliphatic rings. The Balaban J connectivity index is 2.56. The van der Waals surface area contributed by atoms with Gasteiger partial charge in [0.1, 0.15) is 6.07 Å². The maximum absolute atomic E-state index is 11.4. The van der Waals surface area contributed by atoms with Crippen molar-refractivity contribution in [2.24, 2.45) is 0 Å². The van der Waals surface area contributed by atoms with Gasteiger partial charge in [-0.25, -0.2) is 8.42 Å². The number of para-hydroxylation sites is 1. The molecule has 0 unspecified atom stereocenters. The van der Waals surface area contributed by atoms with Crippen molar-refractivity contribution in [1.29, 1.82) is 5.26 Å². The molecule has 0 saturated carbocycles. The van der Waals surface area contributed by atoms with E-state index in [1.807, 2.05) is 24.3 Å². The molecule has 0 amide bonds. The van der Waals surface area contributed by atoms with E-state index in [-0.39, 0.29) is 4.91 Å². The first-order valence-electron chi connectivity index (χ1n) is 4.91. The number of sulfone groups is 1. The van der Waals surface area contributed by atoms with E-state index in [0.717, 1.165) is 17.5 Å². The Hall–Kier alpha value is -2.06. The van der Waals surface area contributed by atoms with Crippen LogP contribution in [0.4, 0.5) is 5.69 Å². The molecule has 0 radical (unpaired) electrons. The van der Waals surface area contributed by atoms with Crippen LogP contribution < -0.4 is 5.32 Å². The lowest BCUT2D eigenvalue weighted by Gasteiger charge is -2.16. The van der Waals surface area contributed by atoms with Gasteiger partial charge in [-0.3, -0.25) is 0 Å². The zero-order valence-corrected chi connectivity index (χ0v) is 9.95. The summed E-state index contributed by atoms with van der Waals surface area (Å²) in [6, 6.07) is 9.19. The topological polar surface area (TPSA) is 70.0 Å². The summed E-state index contributed by atoms with van der Waals surface area (Å²) >= 11 is 0. The molecule has 0 spiro atoms. The summed E-state index contributed by atoms with van der Waals surface area (Å²) in [5.41, 5.74) is 2.07. The molecule has 86 valence electrons. The first kappa shape index (κ1) is 11.4. The zero-order chi connectivity index (χ0) is 12.5. The third-order valence-corrected chi connectivity index (χ3v) is 3.43. The summed E-state index contributed by atoms with van der Waals surface area (Å²) in [5.74, 6) is 0. The quantitative estimate of drug-likeness (QED) is 0.768. The van der Waals surface area contributed by atoms with E-state index >= 15 is 0 Å². The molecule has 1 N–H and O–H groups in total. The number of anilines is 1. The number of rotatable bonds is 1. The molecular weight excluding hydrogens is 236 g/mol. The second-order valence-corrected chi connectivity index (χ2v) is 5.62. The van der Waals surface area contributed by atoms with Crippen LogP contribution in [0.25, 0.3) is 6.08 Å². The van der Waals surface area contributed by atoms with Crippen LogP contribution in [0, 0.1) is 11.3 Å². The molecule has 5 heteroatoms. The molecule has 0 aliphatic carbocycles. The van der Waals surface area contributed by atoms with E-state index in [0.29, 0.717) is 5.70 Å². The minimum atomic E-state index is -3.51. The molecule has 1 heterocycles. The van der Waals surface area contributed by atoms with Gasteiger partial charge in [-0.15, -0.1) is 0 Å². The smallest absolute Gasteiger partial charge is 0.187 e. The summed E-state index contributed by atoms with van der Waals surface area (Å²) in [5, 5.41) is 11.8. The van der Waals surface area contributed by atoms with Crippen molar-refractivity contribution < 1.29 is 8.42 Å². The van der Waals surface area contributed by atoms with E-state index in [9.17, 15) is 8.42 Å². The third-order valence-electron chi connectivity index (χ3n) is 2.38. The van der Waals surface area contributed by atoms with Gasteiger partial charge in [-0.05, 0) is 17.7 Å². The van der Waals surface area contributed by atoms with E-state index in [1.54, 1.807) is 18.2 Å². The predicted octanol–water partition coefficient (Wildman–Crippen LogP) is 1.91. The van der Waals surface area contributed by atoms with Crippen LogP contribution in [0.15, 0.2) is 40.9 Å². The number of nitrogens with one attached hydrogen (secondary N) is 1. The van der Waals surface area contributed by atoms with Crippen LogP contribution in [-0.4, -0.2) is 14.7 Å². The van der Waals surface area contributed by atoms with Gasteiger partial charge >= 0.3 is 0 Å². The minimum absolute atomic E-state index is 0.247. The lowest BCUT2D eigenvalue weighted by atomic mass is 10.1. The largest absolute Gasteiger partial charge is 0.353 e. The molecule has 0 saturated heterocycles. The number of allylic oxidation sites excluding steroid dienone is 2. The van der Waals surface area contributed by atoms with Gasteiger partial charge in [0, 0.05) is 11.9 Å². The van der Waals surface area contributed by atoms with Crippen LogP contribution in [0.3, 0.4) is 0 Å². The summed E-state index contributed by atoms with van der Waals surface area (Å²) in [7, 11) is -3.51. The van der Waals surface area contributed by atoms with Crippen molar-refractivity contribution in [3.05, 3.63) is 46.5 Å². The summed E-state index contributed by atoms with van der Waals surface area (Å²) < 4.78 is 22.8. The van der Waals surface area contributed by atoms with Gasteiger partial charge in [0.05, 0.1) is 5.70 Å². The molecule has 1 aromatic rings. The average Bonchev–Trinajstić information content (AvgIpc) is 2.28. The van der Waals surface area contributed by atoms with Gasteiger partial charge in [-0.2, -0.15) is 5.26 Å². The molecule has 0 aromatic heterocycles. The Morgan fingerprint density at radius 2 is 2.00 bits per heavy atom. The highest BCUT2D eigenvalue weighted by atomic mass is 32.2. The monoisotopic (exact) mass is 246 g/mol. The van der Waals surface area contributed by atoms with E-state index in [4.69, 9.17) is 5.26 Å². The number of fused-ring (bicyclic) bond motifs is 1. The molecule has 17 heavy (non-hydrogen) atoms. The summed E-state index contributed by atoms with van der Waals surface area (Å²) in [6.07, 6.45) is 4.40. The molecule has 4 nitrogen and oxygen atoms in total. The Bertz CT molecular complexity index is 664. The van der Waals surface area contributed by atoms with Crippen LogP contribution in [-0.2, 0) is 9.84 Å². The SMILES string of the molecule is CS(=O)(=O)/C(C#N)=C1\C=Cc2ccccc2N1. The average molecular weight is 246 g/mol. The number of nitrogens with zero attached hydrogens (tertiary/aromatic N) is 1. The highest BCUT2D eigenvalue weighted by Crippen LogP contribution is 2.26. The van der Waals surface area contributed by atoms with E-state index in [2.05, 4.69) is 5.32 Å². The second kappa shape index (κ2) is 4.07. The second-order valence-electron chi connectivity index (χ2n) is 3.67. The van der Waals surface area contributed by atoms with Crippen molar-refractivity contribution in [3.63, 3.8) is 0 Å². The van der Waals surface area contributed by atoms with Crippen LogP contribution in [0.2, 0.25) is 0 Å². The molecule has 1 aliphatic heterocycles. The van der Waals surface area contributed by atoms with Crippen LogP contribution in [0.5, 0.6) is 0 Å². The summed E-state index contributed by atoms with van der Waals surface area (Å²) in [6.45, 7) is 0. The van der Waals surface area contributed by atoms with Crippen LogP contribution in [0.1, 0.15) is 5.56 Å². The fourth-order valence-corrected chi connectivity index (χ4v) is 2.28. The molecule has 0 fully saturated rings. The van der Waals surface area contributed by atoms with E-state index in [1.165, 1.54) is 0 Å². The number of nitriles is 1. The first-order chi connectivity index (χ1) is 8.02. The standard InChI is InChI=1S/C12H10N2O2S/c1-17(15,16)12(8-13)11-7-6-9-4-2-3-5-10(9)14-11/h2-7,14H,1H3/b12-11+. The Labute approximate surface area is 99.8 Å². The highest BCUT2D eigenvalue weighted by molar-refractivity contribution is 7.94. The fourth-order valence-electron chi connectivity index (χ4n) is 1.59. The number of benzene rings is 1. The van der Waals surface area contributed by atoms with Crippen molar-refractivity contribution >= 4 is 21.6 Å². The van der Waals surface area contributed by atoms with Crippen molar-refractivity contribution in [1.82, 2.24) is 0 Å². The number of hydrogen-bond donors (Lipinski definition) is 1. The normalized spacial score (nSPS) is 16.7. The maximum Gasteiger partial charge on any atom is 0.187 e. The maximum atomic E-state index is 11.4. The molecule has 2 rings (SSSR count). The molecular formula is C12H10N2O2S. The number of hydrogen-bond acceptors (Lipinski definition) is 4. The predicted molar refractivity (Wildman–Crippen MR) is 66.6 cm³/mol. The molecule has 0 atom stereocenters. The highest BCUT2D eigenvalue weighted by Gasteiger charge is 2.18. The van der Waals surface area contributed by atoms with E-state index < -0.39 is 9.84 Å². The Kier molecular flexibility index (Phi) is 2.74. The third kappa shape index (κ3) is 2.22. The van der Waals surface area contributed by atoms with Gasteiger partial charge in [0.15, 0.2) is 14.7 Å². The van der Waals surface area contributed by atoms with Crippen molar-refractivity contribution in [3.8, 4) is 6.07 Å². The summed E-state index contributed by atoms with van der Waals surface area (Å²) in [4.78, 5) is -0.247. The fraction of sp³-hybridized carbons (Fsp3) is 0.0833.